The van der Waals surface area contributed by atoms with E-state index in [4.69, 9.17) is 5.26 Å². The summed E-state index contributed by atoms with van der Waals surface area (Å²) in [6.45, 7) is 3.92. The topological polar surface area (TPSA) is 90.3 Å². The van der Waals surface area contributed by atoms with E-state index in [-0.39, 0.29) is 23.3 Å². The first-order chi connectivity index (χ1) is 15.2. The average Bonchev–Trinajstić information content (AvgIpc) is 3.33. The van der Waals surface area contributed by atoms with Gasteiger partial charge in [-0.15, -0.1) is 0 Å². The molecule has 0 unspecified atom stereocenters. The zero-order valence-electron chi connectivity index (χ0n) is 19.0. The number of aryl methyl sites for hydroxylation is 2. The summed E-state index contributed by atoms with van der Waals surface area (Å²) >= 11 is 0. The molecule has 0 bridgehead atoms. The molecule has 0 aliphatic heterocycles. The first kappa shape index (κ1) is 24.0. The van der Waals surface area contributed by atoms with E-state index in [1.807, 2.05) is 19.9 Å². The Balaban J connectivity index is 1.88. The van der Waals surface area contributed by atoms with Gasteiger partial charge in [0.1, 0.15) is 6.04 Å². The lowest BCUT2D eigenvalue weighted by Gasteiger charge is -2.29. The highest BCUT2D eigenvalue weighted by Crippen LogP contribution is 2.24. The van der Waals surface area contributed by atoms with Gasteiger partial charge in [0, 0.05) is 13.1 Å². The molecule has 1 aliphatic carbocycles. The number of likely N-dealkylation sites (N-methyl/N-ethyl adjacent to an activating group) is 1. The van der Waals surface area contributed by atoms with Crippen LogP contribution in [0.2, 0.25) is 0 Å². The van der Waals surface area contributed by atoms with Gasteiger partial charge >= 0.3 is 0 Å². The molecule has 1 saturated carbocycles. The lowest BCUT2D eigenvalue weighted by Crippen LogP contribution is -2.50. The largest absolute Gasteiger partial charge is 0.341 e. The number of sulfonamides is 1. The molecule has 32 heavy (non-hydrogen) atoms. The van der Waals surface area contributed by atoms with Gasteiger partial charge in [-0.05, 0) is 73.6 Å². The van der Waals surface area contributed by atoms with Gasteiger partial charge in [0.05, 0.1) is 16.5 Å². The molecule has 0 aromatic heterocycles. The SMILES string of the molecule is CCc1ccc(S(=O)(=O)N[C@@H](Cc2ccc(C#N)cc2)C(=O)N(C)C2CCCC2)cc1C. The lowest BCUT2D eigenvalue weighted by atomic mass is 10.0. The van der Waals surface area contributed by atoms with E-state index < -0.39 is 16.1 Å². The van der Waals surface area contributed by atoms with E-state index in [1.165, 1.54) is 0 Å². The van der Waals surface area contributed by atoms with Crippen molar-refractivity contribution in [2.75, 3.05) is 7.05 Å². The summed E-state index contributed by atoms with van der Waals surface area (Å²) in [7, 11) is -2.13. The highest BCUT2D eigenvalue weighted by molar-refractivity contribution is 7.89. The van der Waals surface area contributed by atoms with Gasteiger partial charge in [0.2, 0.25) is 15.9 Å². The third kappa shape index (κ3) is 5.56. The molecular weight excluding hydrogens is 422 g/mol. The van der Waals surface area contributed by atoms with Gasteiger partial charge in [-0.2, -0.15) is 9.98 Å². The second-order valence-corrected chi connectivity index (χ2v) is 10.2. The zero-order valence-corrected chi connectivity index (χ0v) is 19.8. The van der Waals surface area contributed by atoms with Gasteiger partial charge in [0.25, 0.3) is 0 Å². The third-order valence-corrected chi connectivity index (χ3v) is 7.81. The van der Waals surface area contributed by atoms with Crippen LogP contribution in [0.25, 0.3) is 0 Å². The maximum absolute atomic E-state index is 13.4. The smallest absolute Gasteiger partial charge is 0.241 e. The minimum atomic E-state index is -3.89. The van der Waals surface area contributed by atoms with E-state index in [0.717, 1.165) is 48.8 Å². The molecule has 1 fully saturated rings. The average molecular weight is 454 g/mol. The number of rotatable bonds is 8. The van der Waals surface area contributed by atoms with Crippen LogP contribution in [0.1, 0.15) is 54.9 Å². The van der Waals surface area contributed by atoms with Crippen LogP contribution in [0, 0.1) is 18.3 Å². The van der Waals surface area contributed by atoms with Crippen molar-refractivity contribution >= 4 is 15.9 Å². The predicted octanol–water partition coefficient (Wildman–Crippen LogP) is 3.72. The Morgan fingerprint density at radius 3 is 2.41 bits per heavy atom. The number of nitriles is 1. The fourth-order valence-corrected chi connectivity index (χ4v) is 5.61. The number of benzene rings is 2. The fraction of sp³-hybridized carbons (Fsp3) is 0.440. The summed E-state index contributed by atoms with van der Waals surface area (Å²) in [4.78, 5) is 15.2. The Hall–Kier alpha value is -2.69. The molecule has 1 aliphatic rings. The molecular formula is C25H31N3O3S. The Kier molecular flexibility index (Phi) is 7.70. The van der Waals surface area contributed by atoms with E-state index in [9.17, 15) is 13.2 Å². The van der Waals surface area contributed by atoms with Crippen molar-refractivity contribution in [3.8, 4) is 6.07 Å². The van der Waals surface area contributed by atoms with Gasteiger partial charge < -0.3 is 4.90 Å². The van der Waals surface area contributed by atoms with Crippen LogP contribution in [0.4, 0.5) is 0 Å². The van der Waals surface area contributed by atoms with Crippen molar-refractivity contribution in [2.45, 2.75) is 69.4 Å². The third-order valence-electron chi connectivity index (χ3n) is 6.34. The van der Waals surface area contributed by atoms with Crippen LogP contribution >= 0.6 is 0 Å². The second-order valence-electron chi connectivity index (χ2n) is 8.52. The molecule has 2 aromatic carbocycles. The van der Waals surface area contributed by atoms with Crippen molar-refractivity contribution in [3.05, 3.63) is 64.7 Å². The fourth-order valence-electron chi connectivity index (χ4n) is 4.34. The van der Waals surface area contributed by atoms with Crippen LogP contribution in [0.5, 0.6) is 0 Å². The van der Waals surface area contributed by atoms with Crippen LogP contribution in [-0.4, -0.2) is 38.4 Å². The van der Waals surface area contributed by atoms with E-state index >= 15 is 0 Å². The number of carbonyl (C=O) groups excluding carboxylic acids is 1. The highest BCUT2D eigenvalue weighted by atomic mass is 32.2. The quantitative estimate of drug-likeness (QED) is 0.660. The molecule has 6 nitrogen and oxygen atoms in total. The van der Waals surface area contributed by atoms with E-state index in [0.29, 0.717) is 5.56 Å². The van der Waals surface area contributed by atoms with Crippen molar-refractivity contribution < 1.29 is 13.2 Å². The number of carbonyl (C=O) groups is 1. The zero-order chi connectivity index (χ0) is 23.3. The van der Waals surface area contributed by atoms with Crippen LogP contribution in [0.15, 0.2) is 47.4 Å². The van der Waals surface area contributed by atoms with E-state index in [2.05, 4.69) is 10.8 Å². The molecule has 1 N–H and O–H groups in total. The predicted molar refractivity (Wildman–Crippen MR) is 125 cm³/mol. The number of nitrogens with one attached hydrogen (secondary N) is 1. The first-order valence-electron chi connectivity index (χ1n) is 11.1. The molecule has 0 saturated heterocycles. The molecule has 170 valence electrons. The number of hydrogen-bond acceptors (Lipinski definition) is 4. The van der Waals surface area contributed by atoms with Gasteiger partial charge in [-0.1, -0.05) is 38.0 Å². The second kappa shape index (κ2) is 10.3. The molecule has 0 heterocycles. The summed E-state index contributed by atoms with van der Waals surface area (Å²) in [5.74, 6) is -0.230. The minimum absolute atomic E-state index is 0.140. The summed E-state index contributed by atoms with van der Waals surface area (Å²) in [5.41, 5.74) is 3.32. The first-order valence-corrected chi connectivity index (χ1v) is 12.6. The molecule has 2 aromatic rings. The monoisotopic (exact) mass is 453 g/mol. The van der Waals surface area contributed by atoms with Gasteiger partial charge in [-0.3, -0.25) is 4.79 Å². The minimum Gasteiger partial charge on any atom is -0.341 e. The Bertz CT molecular complexity index is 1100. The van der Waals surface area contributed by atoms with Crippen LogP contribution < -0.4 is 4.72 Å². The maximum Gasteiger partial charge on any atom is 0.241 e. The Morgan fingerprint density at radius 1 is 1.19 bits per heavy atom. The molecule has 1 atom stereocenters. The van der Waals surface area contributed by atoms with Crippen molar-refractivity contribution in [3.63, 3.8) is 0 Å². The van der Waals surface area contributed by atoms with Gasteiger partial charge in [0.15, 0.2) is 0 Å². The number of amides is 1. The maximum atomic E-state index is 13.4. The highest BCUT2D eigenvalue weighted by Gasteiger charge is 2.32. The molecule has 0 radical (unpaired) electrons. The van der Waals surface area contributed by atoms with E-state index in [1.54, 1.807) is 48.3 Å². The summed E-state index contributed by atoms with van der Waals surface area (Å²) in [5, 5.41) is 9.03. The number of hydrogen-bond donors (Lipinski definition) is 1. The standard InChI is InChI=1S/C25H31N3O3S/c1-4-21-13-14-23(15-18(21)2)32(30,31)27-24(16-19-9-11-20(17-26)12-10-19)25(29)28(3)22-7-5-6-8-22/h9-15,22,24,27H,4-8,16H2,1-3H3/t24-/m0/s1. The number of nitrogens with zero attached hydrogens (tertiary/aromatic N) is 2. The molecule has 0 spiro atoms. The summed E-state index contributed by atoms with van der Waals surface area (Å²) in [6.07, 6.45) is 5.08. The lowest BCUT2D eigenvalue weighted by molar-refractivity contribution is -0.133. The Morgan fingerprint density at radius 2 is 1.84 bits per heavy atom. The summed E-state index contributed by atoms with van der Waals surface area (Å²) in [6, 6.07) is 13.3. The van der Waals surface area contributed by atoms with Gasteiger partial charge in [-0.25, -0.2) is 8.42 Å². The van der Waals surface area contributed by atoms with Crippen molar-refractivity contribution in [1.29, 1.82) is 5.26 Å². The van der Waals surface area contributed by atoms with Crippen LogP contribution in [-0.2, 0) is 27.7 Å². The summed E-state index contributed by atoms with van der Waals surface area (Å²) < 4.78 is 29.1. The molecule has 7 heteroatoms. The molecule has 3 rings (SSSR count). The van der Waals surface area contributed by atoms with Crippen molar-refractivity contribution in [2.24, 2.45) is 0 Å². The van der Waals surface area contributed by atoms with Crippen molar-refractivity contribution in [1.82, 2.24) is 9.62 Å². The normalized spacial score (nSPS) is 15.3. The Labute approximate surface area is 191 Å². The molecule has 1 amide bonds. The van der Waals surface area contributed by atoms with Crippen LogP contribution in [0.3, 0.4) is 0 Å².